The van der Waals surface area contributed by atoms with Gasteiger partial charge in [-0.15, -0.1) is 19.0 Å². The van der Waals surface area contributed by atoms with Gasteiger partial charge >= 0.3 is 0 Å². The predicted molar refractivity (Wildman–Crippen MR) is 100 cm³/mol. The maximum absolute atomic E-state index is 6.41. The standard InChI is InChI=1S/C19H39N.ClH/c1-5-9-10-11-12-13-14-15-16-17-18(20)19(6-2,7-3)8-4;/h6,18H,2,5,7-17,20H2,1,3-4H3;1H. The molecule has 1 atom stereocenters. The zero-order chi connectivity index (χ0) is 15.3. The van der Waals surface area contributed by atoms with Gasteiger partial charge in [0.25, 0.3) is 0 Å². The summed E-state index contributed by atoms with van der Waals surface area (Å²) in [6, 6.07) is 0.291. The zero-order valence-electron chi connectivity index (χ0n) is 14.8. The van der Waals surface area contributed by atoms with E-state index in [4.69, 9.17) is 5.73 Å². The summed E-state index contributed by atoms with van der Waals surface area (Å²) in [5, 5.41) is 0. The average molecular weight is 318 g/mol. The van der Waals surface area contributed by atoms with Crippen molar-refractivity contribution in [2.75, 3.05) is 0 Å². The van der Waals surface area contributed by atoms with Gasteiger partial charge in [0, 0.05) is 11.5 Å². The van der Waals surface area contributed by atoms with Crippen molar-refractivity contribution in [1.82, 2.24) is 0 Å². The number of nitrogens with two attached hydrogens (primary N) is 1. The Labute approximate surface area is 140 Å². The summed E-state index contributed by atoms with van der Waals surface area (Å²) in [7, 11) is 0. The Morgan fingerprint density at radius 3 is 1.67 bits per heavy atom. The molecule has 0 rings (SSSR count). The number of rotatable bonds is 14. The lowest BCUT2D eigenvalue weighted by molar-refractivity contribution is 0.262. The molecule has 0 spiro atoms. The van der Waals surface area contributed by atoms with Gasteiger partial charge in [0.05, 0.1) is 0 Å². The smallest absolute Gasteiger partial charge is 0.0130 e. The highest BCUT2D eigenvalue weighted by atomic mass is 35.5. The van der Waals surface area contributed by atoms with E-state index in [0.717, 1.165) is 19.3 Å². The minimum Gasteiger partial charge on any atom is -0.327 e. The van der Waals surface area contributed by atoms with Crippen LogP contribution >= 0.6 is 12.4 Å². The van der Waals surface area contributed by atoms with Gasteiger partial charge in [-0.3, -0.25) is 0 Å². The molecule has 21 heavy (non-hydrogen) atoms. The number of hydrogen-bond donors (Lipinski definition) is 1. The first-order valence-corrected chi connectivity index (χ1v) is 9.06. The largest absolute Gasteiger partial charge is 0.327 e. The van der Waals surface area contributed by atoms with Crippen LogP contribution in [0, 0.1) is 5.41 Å². The molecule has 128 valence electrons. The van der Waals surface area contributed by atoms with Crippen LogP contribution in [-0.2, 0) is 0 Å². The van der Waals surface area contributed by atoms with Crippen LogP contribution in [0.3, 0.4) is 0 Å². The van der Waals surface area contributed by atoms with E-state index in [1.54, 1.807) is 0 Å². The van der Waals surface area contributed by atoms with E-state index >= 15 is 0 Å². The van der Waals surface area contributed by atoms with Crippen molar-refractivity contribution in [3.63, 3.8) is 0 Å². The first-order chi connectivity index (χ1) is 9.66. The summed E-state index contributed by atoms with van der Waals surface area (Å²) in [4.78, 5) is 0. The Morgan fingerprint density at radius 2 is 1.29 bits per heavy atom. The highest BCUT2D eigenvalue weighted by Crippen LogP contribution is 2.33. The van der Waals surface area contributed by atoms with Crippen molar-refractivity contribution in [1.29, 1.82) is 0 Å². The monoisotopic (exact) mass is 317 g/mol. The fourth-order valence-electron chi connectivity index (χ4n) is 3.18. The van der Waals surface area contributed by atoms with Crippen molar-refractivity contribution in [2.45, 2.75) is 104 Å². The molecule has 0 radical (unpaired) electrons. The molecule has 0 aliphatic heterocycles. The normalized spacial score (nSPS) is 12.8. The van der Waals surface area contributed by atoms with Crippen LogP contribution in [0.1, 0.15) is 97.8 Å². The molecule has 2 heteroatoms. The predicted octanol–water partition coefficient (Wildman–Crippen LogP) is 6.65. The van der Waals surface area contributed by atoms with Gasteiger partial charge in [-0.2, -0.15) is 0 Å². The van der Waals surface area contributed by atoms with E-state index in [1.165, 1.54) is 57.8 Å². The first-order valence-electron chi connectivity index (χ1n) is 9.06. The lowest BCUT2D eigenvalue weighted by Crippen LogP contribution is -2.39. The molecule has 0 bridgehead atoms. The van der Waals surface area contributed by atoms with Gasteiger partial charge < -0.3 is 5.73 Å². The molecule has 0 amide bonds. The van der Waals surface area contributed by atoms with Crippen LogP contribution < -0.4 is 5.73 Å². The maximum atomic E-state index is 6.41. The van der Waals surface area contributed by atoms with Crippen molar-refractivity contribution < 1.29 is 0 Å². The van der Waals surface area contributed by atoms with Gasteiger partial charge in [-0.05, 0) is 19.3 Å². The average Bonchev–Trinajstić information content (AvgIpc) is 2.48. The third-order valence-electron chi connectivity index (χ3n) is 5.08. The Kier molecular flexibility index (Phi) is 16.5. The number of halogens is 1. The highest BCUT2D eigenvalue weighted by molar-refractivity contribution is 5.85. The van der Waals surface area contributed by atoms with Crippen molar-refractivity contribution >= 4 is 12.4 Å². The summed E-state index contributed by atoms with van der Waals surface area (Å²) >= 11 is 0. The lowest BCUT2D eigenvalue weighted by Gasteiger charge is -2.34. The van der Waals surface area contributed by atoms with Crippen LogP contribution in [0.2, 0.25) is 0 Å². The Bertz CT molecular complexity index is 224. The van der Waals surface area contributed by atoms with E-state index in [2.05, 4.69) is 33.4 Å². The second-order valence-electron chi connectivity index (χ2n) is 6.37. The summed E-state index contributed by atoms with van der Waals surface area (Å²) in [5.41, 5.74) is 6.58. The van der Waals surface area contributed by atoms with Crippen molar-refractivity contribution in [2.24, 2.45) is 11.1 Å². The van der Waals surface area contributed by atoms with Crippen molar-refractivity contribution in [3.8, 4) is 0 Å². The molecule has 0 aliphatic carbocycles. The number of hydrogen-bond acceptors (Lipinski definition) is 1. The Hall–Kier alpha value is -0.0100. The van der Waals surface area contributed by atoms with Gasteiger partial charge in [-0.25, -0.2) is 0 Å². The molecule has 0 saturated carbocycles. The molecule has 0 saturated heterocycles. The molecule has 1 unspecified atom stereocenters. The third-order valence-corrected chi connectivity index (χ3v) is 5.08. The van der Waals surface area contributed by atoms with Crippen LogP contribution in [0.4, 0.5) is 0 Å². The molecule has 0 aromatic heterocycles. The maximum Gasteiger partial charge on any atom is 0.0130 e. The van der Waals surface area contributed by atoms with Crippen LogP contribution in [0.5, 0.6) is 0 Å². The van der Waals surface area contributed by atoms with E-state index in [1.807, 2.05) is 0 Å². The van der Waals surface area contributed by atoms with Crippen LogP contribution in [0.25, 0.3) is 0 Å². The van der Waals surface area contributed by atoms with Gasteiger partial charge in [0.1, 0.15) is 0 Å². The van der Waals surface area contributed by atoms with Gasteiger partial charge in [-0.1, -0.05) is 84.6 Å². The molecular formula is C19H40ClN. The molecule has 1 nitrogen and oxygen atoms in total. The molecule has 0 heterocycles. The van der Waals surface area contributed by atoms with Gasteiger partial charge in [0.2, 0.25) is 0 Å². The quantitative estimate of drug-likeness (QED) is 0.282. The molecule has 2 N–H and O–H groups in total. The first kappa shape index (κ1) is 23.3. The number of unbranched alkanes of at least 4 members (excludes halogenated alkanes) is 8. The fraction of sp³-hybridized carbons (Fsp3) is 0.895. The lowest BCUT2D eigenvalue weighted by atomic mass is 9.74. The molecule has 0 aromatic rings. The zero-order valence-corrected chi connectivity index (χ0v) is 15.6. The molecule has 0 aromatic carbocycles. The Balaban J connectivity index is 0. The molecular weight excluding hydrogens is 278 g/mol. The minimum absolute atomic E-state index is 0. The summed E-state index contributed by atoms with van der Waals surface area (Å²) < 4.78 is 0. The van der Waals surface area contributed by atoms with Gasteiger partial charge in [0.15, 0.2) is 0 Å². The summed E-state index contributed by atoms with van der Waals surface area (Å²) in [6.45, 7) is 10.8. The second-order valence-corrected chi connectivity index (χ2v) is 6.37. The van der Waals surface area contributed by atoms with E-state index in [0.29, 0.717) is 6.04 Å². The SMILES string of the molecule is C=CC(CC)(CC)C(N)CCCCCCCCCCC.Cl. The van der Waals surface area contributed by atoms with E-state index in [9.17, 15) is 0 Å². The summed E-state index contributed by atoms with van der Waals surface area (Å²) in [6.07, 6.45) is 18.0. The van der Waals surface area contributed by atoms with Crippen molar-refractivity contribution in [3.05, 3.63) is 12.7 Å². The highest BCUT2D eigenvalue weighted by Gasteiger charge is 2.29. The molecule has 0 fully saturated rings. The third kappa shape index (κ3) is 9.58. The summed E-state index contributed by atoms with van der Waals surface area (Å²) in [5.74, 6) is 0. The topological polar surface area (TPSA) is 26.0 Å². The van der Waals surface area contributed by atoms with Crippen LogP contribution in [-0.4, -0.2) is 6.04 Å². The Morgan fingerprint density at radius 1 is 0.857 bits per heavy atom. The van der Waals surface area contributed by atoms with E-state index in [-0.39, 0.29) is 17.8 Å². The molecule has 0 aliphatic rings. The van der Waals surface area contributed by atoms with E-state index < -0.39 is 0 Å². The van der Waals surface area contributed by atoms with Crippen LogP contribution in [0.15, 0.2) is 12.7 Å². The second kappa shape index (κ2) is 14.9. The fourth-order valence-corrected chi connectivity index (χ4v) is 3.18. The minimum atomic E-state index is 0.